The molecule has 1 amide bonds. The number of ether oxygens (including phenoxy) is 1. The van der Waals surface area contributed by atoms with E-state index in [2.05, 4.69) is 49.2 Å². The molecule has 2 heterocycles. The molecular weight excluding hydrogens is 452 g/mol. The second-order valence-electron chi connectivity index (χ2n) is 10.2. The van der Waals surface area contributed by atoms with E-state index in [0.717, 1.165) is 49.7 Å². The first-order valence-corrected chi connectivity index (χ1v) is 12.3. The highest BCUT2D eigenvalue weighted by Gasteiger charge is 2.33. The molecule has 0 bridgehead atoms. The van der Waals surface area contributed by atoms with Crippen LogP contribution in [0.4, 0.5) is 0 Å². The summed E-state index contributed by atoms with van der Waals surface area (Å²) < 4.78 is 8.14. The highest BCUT2D eigenvalue weighted by Crippen LogP contribution is 2.28. The minimum atomic E-state index is -1.00. The van der Waals surface area contributed by atoms with Gasteiger partial charge in [-0.2, -0.15) is 0 Å². The Morgan fingerprint density at radius 2 is 1.75 bits per heavy atom. The van der Waals surface area contributed by atoms with Crippen molar-refractivity contribution in [3.05, 3.63) is 82.9 Å². The molecule has 1 aliphatic heterocycles. The maximum absolute atomic E-state index is 12.7. The van der Waals surface area contributed by atoms with Gasteiger partial charge in [0.05, 0.1) is 25.3 Å². The van der Waals surface area contributed by atoms with Gasteiger partial charge >= 0.3 is 0 Å². The van der Waals surface area contributed by atoms with Crippen LogP contribution in [-0.4, -0.2) is 50.3 Å². The predicted octanol–water partition coefficient (Wildman–Crippen LogP) is 3.01. The minimum absolute atomic E-state index is 0. The summed E-state index contributed by atoms with van der Waals surface area (Å²) in [6.45, 7) is 6.58. The fourth-order valence-electron chi connectivity index (χ4n) is 4.96. The van der Waals surface area contributed by atoms with Crippen molar-refractivity contribution in [2.45, 2.75) is 71.4 Å². The van der Waals surface area contributed by atoms with Crippen LogP contribution in [-0.2, 0) is 42.1 Å². The Labute approximate surface area is 213 Å². The molecule has 0 radical (unpaired) electrons. The summed E-state index contributed by atoms with van der Waals surface area (Å²) in [5.74, 6) is 1.40. The first-order chi connectivity index (χ1) is 16.9. The number of carbonyl (C=O) groups is 1. The topological polar surface area (TPSA) is 98.3 Å². The number of hydrogen-bond acceptors (Lipinski definition) is 6. The Morgan fingerprint density at radius 1 is 1.08 bits per heavy atom. The number of amides is 1. The second-order valence-corrected chi connectivity index (χ2v) is 10.2. The largest absolute Gasteiger partial charge is 0.374 e. The van der Waals surface area contributed by atoms with E-state index in [9.17, 15) is 4.79 Å². The molecule has 36 heavy (non-hydrogen) atoms. The van der Waals surface area contributed by atoms with Crippen molar-refractivity contribution in [2.75, 3.05) is 13.2 Å². The number of fused-ring (bicyclic) bond motifs is 2. The van der Waals surface area contributed by atoms with Crippen LogP contribution < -0.4 is 11.1 Å². The van der Waals surface area contributed by atoms with Crippen LogP contribution in [0.25, 0.3) is 0 Å². The van der Waals surface area contributed by atoms with E-state index >= 15 is 0 Å². The molecule has 1 atom stereocenters. The van der Waals surface area contributed by atoms with Gasteiger partial charge in [0.15, 0.2) is 5.82 Å². The Kier molecular flexibility index (Phi) is 7.88. The molecule has 192 valence electrons. The maximum Gasteiger partial charge on any atom is 0.240 e. The Hall–Kier alpha value is -3.07. The lowest BCUT2D eigenvalue weighted by Crippen LogP contribution is -2.51. The molecule has 0 spiro atoms. The fourth-order valence-corrected chi connectivity index (χ4v) is 4.96. The molecule has 0 fully saturated rings. The SMILES string of the molecule is C.CC(C)(N)C(=O)N[C@H](COCc1ccccc1)c1nnc2n1CCN(C1Cc3ccccc3C1)C2. The second kappa shape index (κ2) is 10.9. The van der Waals surface area contributed by atoms with Gasteiger partial charge in [0.2, 0.25) is 5.91 Å². The van der Waals surface area contributed by atoms with Gasteiger partial charge in [0, 0.05) is 19.1 Å². The van der Waals surface area contributed by atoms with Crippen molar-refractivity contribution in [2.24, 2.45) is 5.73 Å². The standard InChI is InChI=1S/C27H34N6O2.CH4/c1-27(2,28)26(34)29-23(18-35-17-19-8-4-3-5-9-19)25-31-30-24-16-32(12-13-33(24)25)22-14-20-10-6-7-11-21(20)15-22;/h3-11,22-23H,12-18,28H2,1-2H3,(H,29,34);1H4/t23-;/m1./s1. The molecule has 3 N–H and O–H groups in total. The molecule has 2 aliphatic rings. The maximum atomic E-state index is 12.7. The van der Waals surface area contributed by atoms with Gasteiger partial charge in [-0.25, -0.2) is 0 Å². The van der Waals surface area contributed by atoms with E-state index < -0.39 is 11.6 Å². The number of hydrogen-bond donors (Lipinski definition) is 2. The number of rotatable bonds is 8. The smallest absolute Gasteiger partial charge is 0.240 e. The summed E-state index contributed by atoms with van der Waals surface area (Å²) >= 11 is 0. The summed E-state index contributed by atoms with van der Waals surface area (Å²) in [5, 5.41) is 12.1. The van der Waals surface area contributed by atoms with Crippen molar-refractivity contribution in [3.8, 4) is 0 Å². The third-order valence-corrected chi connectivity index (χ3v) is 6.96. The fraction of sp³-hybridized carbons (Fsp3) is 0.464. The van der Waals surface area contributed by atoms with Crippen LogP contribution in [0, 0.1) is 0 Å². The Bertz CT molecular complexity index is 1150. The zero-order chi connectivity index (χ0) is 24.4. The molecule has 0 unspecified atom stereocenters. The third-order valence-electron chi connectivity index (χ3n) is 6.96. The van der Waals surface area contributed by atoms with Crippen LogP contribution in [0.15, 0.2) is 54.6 Å². The highest BCUT2D eigenvalue weighted by atomic mass is 16.5. The summed E-state index contributed by atoms with van der Waals surface area (Å²) in [6, 6.07) is 18.8. The van der Waals surface area contributed by atoms with Crippen molar-refractivity contribution in [1.82, 2.24) is 25.0 Å². The van der Waals surface area contributed by atoms with Gasteiger partial charge in [-0.1, -0.05) is 62.0 Å². The van der Waals surface area contributed by atoms with Gasteiger partial charge in [0.1, 0.15) is 11.9 Å². The summed E-state index contributed by atoms with van der Waals surface area (Å²) in [4.78, 5) is 15.3. The van der Waals surface area contributed by atoms with Crippen molar-refractivity contribution in [1.29, 1.82) is 0 Å². The van der Waals surface area contributed by atoms with Gasteiger partial charge < -0.3 is 20.4 Å². The summed E-state index contributed by atoms with van der Waals surface area (Å²) in [6.07, 6.45) is 2.16. The molecule has 1 aromatic heterocycles. The highest BCUT2D eigenvalue weighted by molar-refractivity contribution is 5.85. The number of nitrogens with one attached hydrogen (secondary N) is 1. The van der Waals surface area contributed by atoms with Crippen molar-refractivity contribution < 1.29 is 9.53 Å². The molecule has 0 saturated heterocycles. The molecule has 8 nitrogen and oxygen atoms in total. The Morgan fingerprint density at radius 3 is 2.42 bits per heavy atom. The number of aromatic nitrogens is 3. The van der Waals surface area contributed by atoms with E-state index in [4.69, 9.17) is 10.5 Å². The average Bonchev–Trinajstić information content (AvgIpc) is 3.47. The van der Waals surface area contributed by atoms with Crippen LogP contribution in [0.5, 0.6) is 0 Å². The molecule has 1 aliphatic carbocycles. The van der Waals surface area contributed by atoms with Gasteiger partial charge in [0.25, 0.3) is 0 Å². The van der Waals surface area contributed by atoms with Crippen LogP contribution in [0.1, 0.15) is 55.7 Å². The van der Waals surface area contributed by atoms with Crippen LogP contribution in [0.2, 0.25) is 0 Å². The molecule has 2 aromatic carbocycles. The molecule has 5 rings (SSSR count). The molecule has 3 aromatic rings. The molecule has 0 saturated carbocycles. The lowest BCUT2D eigenvalue weighted by atomic mass is 10.1. The lowest BCUT2D eigenvalue weighted by Gasteiger charge is -2.33. The minimum Gasteiger partial charge on any atom is -0.374 e. The van der Waals surface area contributed by atoms with Crippen molar-refractivity contribution >= 4 is 5.91 Å². The number of nitrogens with zero attached hydrogens (tertiary/aromatic N) is 4. The molecule has 8 heteroatoms. The van der Waals surface area contributed by atoms with E-state index in [-0.39, 0.29) is 19.9 Å². The number of benzene rings is 2. The van der Waals surface area contributed by atoms with Crippen molar-refractivity contribution in [3.63, 3.8) is 0 Å². The van der Waals surface area contributed by atoms with Gasteiger partial charge in [-0.15, -0.1) is 10.2 Å². The first kappa shape index (κ1) is 26.0. The zero-order valence-corrected chi connectivity index (χ0v) is 20.5. The van der Waals surface area contributed by atoms with Gasteiger partial charge in [-0.05, 0) is 43.4 Å². The Balaban J connectivity index is 0.00000304. The molecular formula is C28H38N6O2. The lowest BCUT2D eigenvalue weighted by molar-refractivity contribution is -0.126. The van der Waals surface area contributed by atoms with Crippen LogP contribution in [0.3, 0.4) is 0 Å². The summed E-state index contributed by atoms with van der Waals surface area (Å²) in [5.41, 5.74) is 9.04. The van der Waals surface area contributed by atoms with Gasteiger partial charge in [-0.3, -0.25) is 9.69 Å². The third kappa shape index (κ3) is 5.67. The van der Waals surface area contributed by atoms with E-state index in [1.54, 1.807) is 13.8 Å². The van der Waals surface area contributed by atoms with E-state index in [0.29, 0.717) is 12.6 Å². The number of nitrogens with two attached hydrogens (primary N) is 1. The zero-order valence-electron chi connectivity index (χ0n) is 20.5. The monoisotopic (exact) mass is 490 g/mol. The number of carbonyl (C=O) groups excluding carboxylic acids is 1. The van der Waals surface area contributed by atoms with Crippen LogP contribution >= 0.6 is 0 Å². The summed E-state index contributed by atoms with van der Waals surface area (Å²) in [7, 11) is 0. The quantitative estimate of drug-likeness (QED) is 0.504. The van der Waals surface area contributed by atoms with E-state index in [1.165, 1.54) is 11.1 Å². The van der Waals surface area contributed by atoms with E-state index in [1.807, 2.05) is 30.3 Å². The predicted molar refractivity (Wildman–Crippen MR) is 140 cm³/mol. The first-order valence-electron chi connectivity index (χ1n) is 12.3. The average molecular weight is 491 g/mol. The normalized spacial score (nSPS) is 16.6.